The zero-order chi connectivity index (χ0) is 13.5. The zero-order valence-electron chi connectivity index (χ0n) is 10.7. The average molecular weight is 266 g/mol. The van der Waals surface area contributed by atoms with Gasteiger partial charge in [0, 0.05) is 25.8 Å². The predicted molar refractivity (Wildman–Crippen MR) is 69.4 cm³/mol. The summed E-state index contributed by atoms with van der Waals surface area (Å²) in [5.41, 5.74) is 0.00526. The lowest BCUT2D eigenvalue weighted by Crippen LogP contribution is -2.37. The first-order chi connectivity index (χ1) is 9.25. The molecule has 0 radical (unpaired) electrons. The Balaban J connectivity index is 1.70. The standard InChI is InChI=1S/C12H18N4O3/c17-11(18)10-2-4-14-12(15-10)13-3-1-5-16-6-8-19-9-7-16/h2,4H,1,3,5-9H2,(H,17,18)(H,13,14,15). The van der Waals surface area contributed by atoms with Crippen molar-refractivity contribution >= 4 is 11.9 Å². The van der Waals surface area contributed by atoms with E-state index in [1.807, 2.05) is 0 Å². The number of hydrogen-bond acceptors (Lipinski definition) is 6. The molecule has 19 heavy (non-hydrogen) atoms. The van der Waals surface area contributed by atoms with E-state index in [2.05, 4.69) is 20.2 Å². The lowest BCUT2D eigenvalue weighted by molar-refractivity contribution is 0.0378. The minimum atomic E-state index is -1.04. The molecule has 0 saturated carbocycles. The fourth-order valence-electron chi connectivity index (χ4n) is 1.89. The molecular weight excluding hydrogens is 248 g/mol. The Morgan fingerprint density at radius 2 is 2.26 bits per heavy atom. The number of carboxylic acids is 1. The van der Waals surface area contributed by atoms with Gasteiger partial charge in [0.05, 0.1) is 13.2 Å². The van der Waals surface area contributed by atoms with Crippen molar-refractivity contribution in [1.82, 2.24) is 14.9 Å². The van der Waals surface area contributed by atoms with Gasteiger partial charge in [0.1, 0.15) is 0 Å². The highest BCUT2D eigenvalue weighted by molar-refractivity contribution is 5.85. The molecule has 2 heterocycles. The predicted octanol–water partition coefficient (Wildman–Crippen LogP) is 0.309. The molecule has 104 valence electrons. The molecule has 1 aromatic heterocycles. The maximum Gasteiger partial charge on any atom is 0.354 e. The number of nitrogens with zero attached hydrogens (tertiary/aromatic N) is 3. The number of aromatic nitrogens is 2. The van der Waals surface area contributed by atoms with Crippen LogP contribution in [0.3, 0.4) is 0 Å². The SMILES string of the molecule is O=C(O)c1ccnc(NCCCN2CCOCC2)n1. The molecule has 0 atom stereocenters. The molecule has 1 fully saturated rings. The van der Waals surface area contributed by atoms with Crippen LogP contribution in [-0.2, 0) is 4.74 Å². The summed E-state index contributed by atoms with van der Waals surface area (Å²) in [5.74, 6) is -0.680. The van der Waals surface area contributed by atoms with E-state index in [0.717, 1.165) is 45.8 Å². The van der Waals surface area contributed by atoms with E-state index in [-0.39, 0.29) is 5.69 Å². The second-order valence-electron chi connectivity index (χ2n) is 4.30. The molecule has 1 aliphatic heterocycles. The summed E-state index contributed by atoms with van der Waals surface area (Å²) in [6, 6.07) is 1.38. The maximum atomic E-state index is 10.8. The molecule has 0 aliphatic carbocycles. The topological polar surface area (TPSA) is 87.6 Å². The van der Waals surface area contributed by atoms with Crippen LogP contribution in [-0.4, -0.2) is 65.3 Å². The van der Waals surface area contributed by atoms with Gasteiger partial charge in [-0.05, 0) is 19.0 Å². The highest BCUT2D eigenvalue weighted by Gasteiger charge is 2.09. The number of nitrogens with one attached hydrogen (secondary N) is 1. The van der Waals surface area contributed by atoms with Gasteiger partial charge in [-0.15, -0.1) is 0 Å². The summed E-state index contributed by atoms with van der Waals surface area (Å²) < 4.78 is 5.28. The van der Waals surface area contributed by atoms with Crippen LogP contribution in [0, 0.1) is 0 Å². The summed E-state index contributed by atoms with van der Waals surface area (Å²) in [5, 5.41) is 11.9. The Bertz CT molecular complexity index is 421. The van der Waals surface area contributed by atoms with Gasteiger partial charge in [0.2, 0.25) is 5.95 Å². The van der Waals surface area contributed by atoms with Crippen LogP contribution in [0.4, 0.5) is 5.95 Å². The molecule has 0 amide bonds. The minimum Gasteiger partial charge on any atom is -0.477 e. The van der Waals surface area contributed by atoms with E-state index in [4.69, 9.17) is 9.84 Å². The van der Waals surface area contributed by atoms with Crippen LogP contribution in [0.15, 0.2) is 12.3 Å². The van der Waals surface area contributed by atoms with Crippen LogP contribution in [0.2, 0.25) is 0 Å². The molecule has 1 aromatic rings. The van der Waals surface area contributed by atoms with Gasteiger partial charge in [-0.25, -0.2) is 14.8 Å². The van der Waals surface area contributed by atoms with E-state index in [0.29, 0.717) is 5.95 Å². The van der Waals surface area contributed by atoms with Crippen molar-refractivity contribution in [1.29, 1.82) is 0 Å². The first kappa shape index (κ1) is 13.7. The summed E-state index contributed by atoms with van der Waals surface area (Å²) in [6.45, 7) is 5.28. The number of carbonyl (C=O) groups is 1. The van der Waals surface area contributed by atoms with Crippen LogP contribution >= 0.6 is 0 Å². The van der Waals surface area contributed by atoms with Gasteiger partial charge in [0.15, 0.2) is 5.69 Å². The van der Waals surface area contributed by atoms with Crippen LogP contribution in [0.1, 0.15) is 16.9 Å². The fraction of sp³-hybridized carbons (Fsp3) is 0.583. The molecule has 2 N–H and O–H groups in total. The van der Waals surface area contributed by atoms with E-state index < -0.39 is 5.97 Å². The molecule has 0 unspecified atom stereocenters. The third-order valence-corrected chi connectivity index (χ3v) is 2.91. The Labute approximate surface area is 111 Å². The van der Waals surface area contributed by atoms with Crippen molar-refractivity contribution in [3.8, 4) is 0 Å². The average Bonchev–Trinajstić information content (AvgIpc) is 2.45. The van der Waals surface area contributed by atoms with Gasteiger partial charge < -0.3 is 15.2 Å². The summed E-state index contributed by atoms with van der Waals surface area (Å²) in [6.07, 6.45) is 2.40. The maximum absolute atomic E-state index is 10.8. The third kappa shape index (κ3) is 4.46. The Kier molecular flexibility index (Phi) is 5.05. The quantitative estimate of drug-likeness (QED) is 0.716. The Morgan fingerprint density at radius 1 is 1.47 bits per heavy atom. The summed E-state index contributed by atoms with van der Waals surface area (Å²) in [4.78, 5) is 21.0. The van der Waals surface area contributed by atoms with Gasteiger partial charge in [-0.2, -0.15) is 0 Å². The van der Waals surface area contributed by atoms with Gasteiger partial charge in [-0.1, -0.05) is 0 Å². The molecule has 7 nitrogen and oxygen atoms in total. The highest BCUT2D eigenvalue weighted by Crippen LogP contribution is 2.02. The molecule has 0 aromatic carbocycles. The van der Waals surface area contributed by atoms with Crippen LogP contribution < -0.4 is 5.32 Å². The first-order valence-corrected chi connectivity index (χ1v) is 6.36. The monoisotopic (exact) mass is 266 g/mol. The first-order valence-electron chi connectivity index (χ1n) is 6.36. The van der Waals surface area contributed by atoms with E-state index in [9.17, 15) is 4.79 Å². The normalized spacial score (nSPS) is 16.2. The van der Waals surface area contributed by atoms with Crippen molar-refractivity contribution < 1.29 is 14.6 Å². The van der Waals surface area contributed by atoms with Crippen molar-refractivity contribution in [2.75, 3.05) is 44.7 Å². The van der Waals surface area contributed by atoms with Crippen molar-refractivity contribution in [3.63, 3.8) is 0 Å². The number of anilines is 1. The van der Waals surface area contributed by atoms with Crippen molar-refractivity contribution in [2.45, 2.75) is 6.42 Å². The molecule has 0 bridgehead atoms. The Hall–Kier alpha value is -1.73. The van der Waals surface area contributed by atoms with E-state index in [1.54, 1.807) is 0 Å². The van der Waals surface area contributed by atoms with E-state index in [1.165, 1.54) is 12.3 Å². The van der Waals surface area contributed by atoms with Gasteiger partial charge in [-0.3, -0.25) is 4.90 Å². The van der Waals surface area contributed by atoms with Crippen LogP contribution in [0.25, 0.3) is 0 Å². The summed E-state index contributed by atoms with van der Waals surface area (Å²) >= 11 is 0. The molecule has 7 heteroatoms. The number of aromatic carboxylic acids is 1. The summed E-state index contributed by atoms with van der Waals surface area (Å²) in [7, 11) is 0. The number of ether oxygens (including phenoxy) is 1. The highest BCUT2D eigenvalue weighted by atomic mass is 16.5. The molecule has 0 spiro atoms. The molecular formula is C12H18N4O3. The van der Waals surface area contributed by atoms with E-state index >= 15 is 0 Å². The van der Waals surface area contributed by atoms with Crippen LogP contribution in [0.5, 0.6) is 0 Å². The zero-order valence-corrected chi connectivity index (χ0v) is 10.7. The number of rotatable bonds is 6. The van der Waals surface area contributed by atoms with Gasteiger partial charge >= 0.3 is 5.97 Å². The molecule has 1 saturated heterocycles. The van der Waals surface area contributed by atoms with Crippen molar-refractivity contribution in [3.05, 3.63) is 18.0 Å². The lowest BCUT2D eigenvalue weighted by Gasteiger charge is -2.26. The second kappa shape index (κ2) is 7.01. The number of hydrogen-bond donors (Lipinski definition) is 2. The smallest absolute Gasteiger partial charge is 0.354 e. The van der Waals surface area contributed by atoms with Gasteiger partial charge in [0.25, 0.3) is 0 Å². The minimum absolute atomic E-state index is 0.00526. The largest absolute Gasteiger partial charge is 0.477 e. The lowest BCUT2D eigenvalue weighted by atomic mass is 10.3. The number of morpholine rings is 1. The second-order valence-corrected chi connectivity index (χ2v) is 4.30. The third-order valence-electron chi connectivity index (χ3n) is 2.91. The number of carboxylic acid groups (broad SMARTS) is 1. The van der Waals surface area contributed by atoms with Crippen molar-refractivity contribution in [2.24, 2.45) is 0 Å². The Morgan fingerprint density at radius 3 is 3.00 bits per heavy atom. The fourth-order valence-corrected chi connectivity index (χ4v) is 1.89. The molecule has 1 aliphatic rings. The molecule has 2 rings (SSSR count).